The highest BCUT2D eigenvalue weighted by Gasteiger charge is 2.45. The van der Waals surface area contributed by atoms with Crippen LogP contribution in [0.2, 0.25) is 0 Å². The predicted octanol–water partition coefficient (Wildman–Crippen LogP) is 4.00. The molecule has 0 aromatic carbocycles. The van der Waals surface area contributed by atoms with Crippen molar-refractivity contribution in [3.8, 4) is 0 Å². The fourth-order valence-electron chi connectivity index (χ4n) is 3.63. The third-order valence-corrected chi connectivity index (χ3v) is 4.38. The van der Waals surface area contributed by atoms with E-state index in [0.717, 1.165) is 17.3 Å². The van der Waals surface area contributed by atoms with Crippen LogP contribution in [0.4, 0.5) is 0 Å². The molecule has 2 rings (SSSR count). The Bertz CT molecular complexity index is 153. The zero-order valence-corrected chi connectivity index (χ0v) is 8.60. The van der Waals surface area contributed by atoms with Crippen LogP contribution in [-0.2, 0) is 0 Å². The minimum absolute atomic E-state index is 0.840. The average molecular weight is 166 g/mol. The van der Waals surface area contributed by atoms with Crippen LogP contribution < -0.4 is 0 Å². The van der Waals surface area contributed by atoms with Crippen LogP contribution in [-0.4, -0.2) is 0 Å². The molecule has 0 heteroatoms. The van der Waals surface area contributed by atoms with Gasteiger partial charge >= 0.3 is 0 Å². The van der Waals surface area contributed by atoms with Gasteiger partial charge in [-0.05, 0) is 42.9 Å². The van der Waals surface area contributed by atoms with Crippen molar-refractivity contribution < 1.29 is 0 Å². The Balaban J connectivity index is 2.06. The molecule has 0 radical (unpaired) electrons. The summed E-state index contributed by atoms with van der Waals surface area (Å²) in [5.41, 5.74) is 0.840. The summed E-state index contributed by atoms with van der Waals surface area (Å²) in [5.74, 6) is 2.01. The highest BCUT2D eigenvalue weighted by molar-refractivity contribution is 4.96. The molecule has 1 unspecified atom stereocenters. The minimum Gasteiger partial charge on any atom is -0.0625 e. The number of hydrogen-bond acceptors (Lipinski definition) is 0. The fourth-order valence-corrected chi connectivity index (χ4v) is 3.63. The van der Waals surface area contributed by atoms with Gasteiger partial charge in [0.1, 0.15) is 0 Å². The molecular weight excluding hydrogens is 144 g/mol. The summed E-state index contributed by atoms with van der Waals surface area (Å²) in [4.78, 5) is 0. The summed E-state index contributed by atoms with van der Waals surface area (Å²) in [6.07, 6.45) is 10.7. The van der Waals surface area contributed by atoms with Crippen molar-refractivity contribution in [2.75, 3.05) is 0 Å². The van der Waals surface area contributed by atoms with Crippen molar-refractivity contribution >= 4 is 0 Å². The molecule has 70 valence electrons. The summed E-state index contributed by atoms with van der Waals surface area (Å²) in [7, 11) is 0. The second-order valence-corrected chi connectivity index (χ2v) is 5.31. The van der Waals surface area contributed by atoms with E-state index in [1.807, 2.05) is 0 Å². The lowest BCUT2D eigenvalue weighted by atomic mass is 9.53. The molecule has 12 heavy (non-hydrogen) atoms. The van der Waals surface area contributed by atoms with Crippen molar-refractivity contribution in [1.82, 2.24) is 0 Å². The van der Waals surface area contributed by atoms with Gasteiger partial charge in [0, 0.05) is 0 Å². The Kier molecular flexibility index (Phi) is 2.18. The molecule has 0 aliphatic heterocycles. The fraction of sp³-hybridized carbons (Fsp3) is 1.00. The first kappa shape index (κ1) is 8.59. The molecule has 0 saturated heterocycles. The molecular formula is C12H22. The summed E-state index contributed by atoms with van der Waals surface area (Å²) in [5, 5.41) is 0. The molecule has 2 fully saturated rings. The van der Waals surface area contributed by atoms with E-state index in [1.54, 1.807) is 19.3 Å². The highest BCUT2D eigenvalue weighted by atomic mass is 14.5. The van der Waals surface area contributed by atoms with E-state index in [1.165, 1.54) is 25.7 Å². The smallest absolute Gasteiger partial charge is 0.0267 e. The Hall–Kier alpha value is 0. The van der Waals surface area contributed by atoms with Crippen LogP contribution in [0.3, 0.4) is 0 Å². The van der Waals surface area contributed by atoms with E-state index in [2.05, 4.69) is 13.8 Å². The van der Waals surface area contributed by atoms with Gasteiger partial charge in [0.05, 0.1) is 0 Å². The molecule has 0 aromatic heterocycles. The standard InChI is InChI=1S/C12H22/c1-10(2)11-6-3-4-7-12(11)8-5-9-12/h10-11H,3-9H2,1-2H3. The van der Waals surface area contributed by atoms with Gasteiger partial charge < -0.3 is 0 Å². The Morgan fingerprint density at radius 2 is 1.67 bits per heavy atom. The molecule has 2 aliphatic rings. The molecule has 0 heterocycles. The Morgan fingerprint density at radius 1 is 1.00 bits per heavy atom. The van der Waals surface area contributed by atoms with E-state index < -0.39 is 0 Å². The zero-order chi connectivity index (χ0) is 8.60. The van der Waals surface area contributed by atoms with Crippen molar-refractivity contribution in [2.45, 2.75) is 58.8 Å². The lowest BCUT2D eigenvalue weighted by molar-refractivity contribution is -0.0175. The van der Waals surface area contributed by atoms with Crippen LogP contribution in [0.1, 0.15) is 58.8 Å². The topological polar surface area (TPSA) is 0 Å². The lowest BCUT2D eigenvalue weighted by Gasteiger charge is -2.52. The maximum absolute atomic E-state index is 2.43. The van der Waals surface area contributed by atoms with Gasteiger partial charge in [0.25, 0.3) is 0 Å². The SMILES string of the molecule is CC(C)C1CCCCC12CCC2. The van der Waals surface area contributed by atoms with Crippen molar-refractivity contribution in [1.29, 1.82) is 0 Å². The molecule has 0 bridgehead atoms. The summed E-state index contributed by atoms with van der Waals surface area (Å²) in [6, 6.07) is 0. The number of hydrogen-bond donors (Lipinski definition) is 0. The van der Waals surface area contributed by atoms with Crippen molar-refractivity contribution in [3.05, 3.63) is 0 Å². The molecule has 1 spiro atoms. The first-order chi connectivity index (χ1) is 5.75. The van der Waals surface area contributed by atoms with Gasteiger partial charge in [-0.1, -0.05) is 33.1 Å². The minimum atomic E-state index is 0.840. The first-order valence-electron chi connectivity index (χ1n) is 5.75. The zero-order valence-electron chi connectivity index (χ0n) is 8.60. The maximum atomic E-state index is 2.43. The van der Waals surface area contributed by atoms with Crippen LogP contribution in [0.25, 0.3) is 0 Å². The van der Waals surface area contributed by atoms with Gasteiger partial charge in [-0.15, -0.1) is 0 Å². The number of rotatable bonds is 1. The summed E-state index contributed by atoms with van der Waals surface area (Å²) < 4.78 is 0. The van der Waals surface area contributed by atoms with E-state index in [9.17, 15) is 0 Å². The van der Waals surface area contributed by atoms with Gasteiger partial charge in [0.15, 0.2) is 0 Å². The van der Waals surface area contributed by atoms with Crippen molar-refractivity contribution in [2.24, 2.45) is 17.3 Å². The third-order valence-electron chi connectivity index (χ3n) is 4.38. The molecule has 0 aromatic rings. The van der Waals surface area contributed by atoms with Gasteiger partial charge in [-0.25, -0.2) is 0 Å². The quantitative estimate of drug-likeness (QED) is 0.552. The molecule has 0 amide bonds. The average Bonchev–Trinajstić information content (AvgIpc) is 2.01. The Morgan fingerprint density at radius 3 is 2.08 bits per heavy atom. The van der Waals surface area contributed by atoms with E-state index in [0.29, 0.717) is 0 Å². The second-order valence-electron chi connectivity index (χ2n) is 5.31. The molecule has 2 saturated carbocycles. The normalized spacial score (nSPS) is 33.8. The molecule has 2 aliphatic carbocycles. The summed E-state index contributed by atoms with van der Waals surface area (Å²) in [6.45, 7) is 4.85. The lowest BCUT2D eigenvalue weighted by Crippen LogP contribution is -2.42. The Labute approximate surface area is 76.7 Å². The van der Waals surface area contributed by atoms with E-state index in [-0.39, 0.29) is 0 Å². The van der Waals surface area contributed by atoms with Crippen LogP contribution in [0.5, 0.6) is 0 Å². The maximum Gasteiger partial charge on any atom is -0.0267 e. The molecule has 0 nitrogen and oxygen atoms in total. The second kappa shape index (κ2) is 3.05. The molecule has 0 N–H and O–H groups in total. The monoisotopic (exact) mass is 166 g/mol. The molecule has 1 atom stereocenters. The van der Waals surface area contributed by atoms with Gasteiger partial charge in [-0.3, -0.25) is 0 Å². The third kappa shape index (κ3) is 1.20. The van der Waals surface area contributed by atoms with Crippen molar-refractivity contribution in [3.63, 3.8) is 0 Å². The first-order valence-corrected chi connectivity index (χ1v) is 5.75. The van der Waals surface area contributed by atoms with Crippen LogP contribution >= 0.6 is 0 Å². The largest absolute Gasteiger partial charge is 0.0625 e. The van der Waals surface area contributed by atoms with E-state index in [4.69, 9.17) is 0 Å². The van der Waals surface area contributed by atoms with Crippen LogP contribution in [0, 0.1) is 17.3 Å². The highest BCUT2D eigenvalue weighted by Crippen LogP contribution is 2.57. The summed E-state index contributed by atoms with van der Waals surface area (Å²) >= 11 is 0. The van der Waals surface area contributed by atoms with Gasteiger partial charge in [-0.2, -0.15) is 0 Å². The van der Waals surface area contributed by atoms with E-state index >= 15 is 0 Å². The predicted molar refractivity (Wildman–Crippen MR) is 53.1 cm³/mol. The van der Waals surface area contributed by atoms with Crippen LogP contribution in [0.15, 0.2) is 0 Å². The van der Waals surface area contributed by atoms with Gasteiger partial charge in [0.2, 0.25) is 0 Å².